The van der Waals surface area contributed by atoms with E-state index in [2.05, 4.69) is 10.3 Å². The van der Waals surface area contributed by atoms with E-state index >= 15 is 0 Å². The first kappa shape index (κ1) is 13.8. The first-order valence-electron chi connectivity index (χ1n) is 7.03. The van der Waals surface area contributed by atoms with Gasteiger partial charge in [0.05, 0.1) is 24.6 Å². The number of hydrogen-bond acceptors (Lipinski definition) is 4. The molecule has 0 spiro atoms. The summed E-state index contributed by atoms with van der Waals surface area (Å²) >= 11 is 0. The number of morpholine rings is 1. The molecule has 0 N–H and O–H groups in total. The molecule has 0 bridgehead atoms. The molecule has 0 unspecified atom stereocenters. The third-order valence-electron chi connectivity index (χ3n) is 3.67. The average Bonchev–Trinajstić information content (AvgIpc) is 2.90. The highest BCUT2D eigenvalue weighted by atomic mass is 16.5. The van der Waals surface area contributed by atoms with Crippen LogP contribution in [0.2, 0.25) is 0 Å². The second-order valence-corrected chi connectivity index (χ2v) is 5.18. The van der Waals surface area contributed by atoms with Crippen molar-refractivity contribution in [3.05, 3.63) is 41.2 Å². The van der Waals surface area contributed by atoms with Gasteiger partial charge >= 0.3 is 0 Å². The number of rotatable bonds is 2. The quantitative estimate of drug-likeness (QED) is 0.836. The SMILES string of the molecule is Cc1ccc(-n2nnc(C(=O)N3CCOCC3)c2C)cc1. The van der Waals surface area contributed by atoms with E-state index in [-0.39, 0.29) is 5.91 Å². The first-order valence-corrected chi connectivity index (χ1v) is 7.03. The molecule has 2 aromatic rings. The van der Waals surface area contributed by atoms with Crippen LogP contribution in [0.5, 0.6) is 0 Å². The van der Waals surface area contributed by atoms with Gasteiger partial charge < -0.3 is 9.64 Å². The van der Waals surface area contributed by atoms with Crippen molar-refractivity contribution in [3.8, 4) is 5.69 Å². The summed E-state index contributed by atoms with van der Waals surface area (Å²) < 4.78 is 6.97. The smallest absolute Gasteiger partial charge is 0.276 e. The van der Waals surface area contributed by atoms with Crippen molar-refractivity contribution in [1.82, 2.24) is 19.9 Å². The topological polar surface area (TPSA) is 60.2 Å². The summed E-state index contributed by atoms with van der Waals surface area (Å²) in [6, 6.07) is 7.97. The number of nitrogens with zero attached hydrogens (tertiary/aromatic N) is 4. The molecule has 0 radical (unpaired) electrons. The lowest BCUT2D eigenvalue weighted by Gasteiger charge is -2.26. The number of hydrogen-bond donors (Lipinski definition) is 0. The largest absolute Gasteiger partial charge is 0.378 e. The van der Waals surface area contributed by atoms with E-state index in [0.717, 1.165) is 11.4 Å². The lowest BCUT2D eigenvalue weighted by Crippen LogP contribution is -2.41. The highest BCUT2D eigenvalue weighted by Gasteiger charge is 2.24. The zero-order chi connectivity index (χ0) is 14.8. The molecule has 1 saturated heterocycles. The zero-order valence-electron chi connectivity index (χ0n) is 12.2. The van der Waals surface area contributed by atoms with Crippen LogP contribution < -0.4 is 0 Å². The Morgan fingerprint density at radius 2 is 1.81 bits per heavy atom. The first-order chi connectivity index (χ1) is 10.2. The minimum absolute atomic E-state index is 0.0749. The van der Waals surface area contributed by atoms with E-state index in [1.54, 1.807) is 9.58 Å². The lowest BCUT2D eigenvalue weighted by atomic mass is 10.2. The molecule has 3 rings (SSSR count). The molecule has 1 aliphatic rings. The highest BCUT2D eigenvalue weighted by Crippen LogP contribution is 2.15. The maximum Gasteiger partial charge on any atom is 0.276 e. The van der Waals surface area contributed by atoms with Gasteiger partial charge in [0, 0.05) is 13.1 Å². The van der Waals surface area contributed by atoms with E-state index < -0.39 is 0 Å². The Morgan fingerprint density at radius 1 is 1.14 bits per heavy atom. The normalized spacial score (nSPS) is 15.2. The number of aryl methyl sites for hydroxylation is 1. The molecular weight excluding hydrogens is 268 g/mol. The van der Waals surface area contributed by atoms with Crippen LogP contribution in [-0.2, 0) is 4.74 Å². The van der Waals surface area contributed by atoms with Crippen LogP contribution in [0.1, 0.15) is 21.7 Å². The second kappa shape index (κ2) is 5.65. The minimum Gasteiger partial charge on any atom is -0.378 e. The Morgan fingerprint density at radius 3 is 2.48 bits per heavy atom. The molecule has 21 heavy (non-hydrogen) atoms. The third kappa shape index (κ3) is 2.67. The molecule has 1 amide bonds. The summed E-state index contributed by atoms with van der Waals surface area (Å²) in [6.07, 6.45) is 0. The van der Waals surface area contributed by atoms with E-state index in [1.165, 1.54) is 5.56 Å². The van der Waals surface area contributed by atoms with Crippen molar-refractivity contribution in [3.63, 3.8) is 0 Å². The molecule has 0 aliphatic carbocycles. The molecule has 1 fully saturated rings. The van der Waals surface area contributed by atoms with Crippen LogP contribution in [0.4, 0.5) is 0 Å². The maximum atomic E-state index is 12.5. The van der Waals surface area contributed by atoms with Crippen LogP contribution in [0.15, 0.2) is 24.3 Å². The summed E-state index contributed by atoms with van der Waals surface area (Å²) in [5, 5.41) is 8.19. The van der Waals surface area contributed by atoms with E-state index in [9.17, 15) is 4.79 Å². The van der Waals surface area contributed by atoms with Crippen molar-refractivity contribution in [1.29, 1.82) is 0 Å². The van der Waals surface area contributed by atoms with Crippen LogP contribution in [0, 0.1) is 13.8 Å². The Kier molecular flexibility index (Phi) is 3.70. The van der Waals surface area contributed by atoms with Crippen molar-refractivity contribution < 1.29 is 9.53 Å². The number of aromatic nitrogens is 3. The Balaban J connectivity index is 1.88. The summed E-state index contributed by atoms with van der Waals surface area (Å²) in [4.78, 5) is 14.2. The summed E-state index contributed by atoms with van der Waals surface area (Å²) in [6.45, 7) is 6.28. The number of benzene rings is 1. The molecule has 1 aliphatic heterocycles. The van der Waals surface area contributed by atoms with Crippen molar-refractivity contribution in [2.24, 2.45) is 0 Å². The average molecular weight is 286 g/mol. The number of amides is 1. The van der Waals surface area contributed by atoms with Crippen molar-refractivity contribution in [2.75, 3.05) is 26.3 Å². The van der Waals surface area contributed by atoms with Crippen molar-refractivity contribution in [2.45, 2.75) is 13.8 Å². The van der Waals surface area contributed by atoms with E-state index in [1.807, 2.05) is 38.1 Å². The van der Waals surface area contributed by atoms with Gasteiger partial charge in [-0.2, -0.15) is 0 Å². The fraction of sp³-hybridized carbons (Fsp3) is 0.400. The summed E-state index contributed by atoms with van der Waals surface area (Å²) in [5.74, 6) is -0.0749. The van der Waals surface area contributed by atoms with Gasteiger partial charge in [-0.25, -0.2) is 4.68 Å². The fourth-order valence-electron chi connectivity index (χ4n) is 2.37. The van der Waals surface area contributed by atoms with E-state index in [0.29, 0.717) is 32.0 Å². The minimum atomic E-state index is -0.0749. The monoisotopic (exact) mass is 286 g/mol. The Hall–Kier alpha value is -2.21. The maximum absolute atomic E-state index is 12.5. The van der Waals surface area contributed by atoms with Gasteiger partial charge in [0.15, 0.2) is 5.69 Å². The molecule has 2 heterocycles. The Labute approximate surface area is 123 Å². The van der Waals surface area contributed by atoms with Crippen LogP contribution in [0.25, 0.3) is 5.69 Å². The van der Waals surface area contributed by atoms with E-state index in [4.69, 9.17) is 4.74 Å². The third-order valence-corrected chi connectivity index (χ3v) is 3.67. The van der Waals surface area contributed by atoms with Crippen LogP contribution in [0.3, 0.4) is 0 Å². The molecular formula is C15H18N4O2. The summed E-state index contributed by atoms with van der Waals surface area (Å²) in [5.41, 5.74) is 3.26. The van der Waals surface area contributed by atoms with Gasteiger partial charge in [0.25, 0.3) is 5.91 Å². The molecule has 110 valence electrons. The number of carbonyl (C=O) groups is 1. The predicted octanol–water partition coefficient (Wildman–Crippen LogP) is 1.36. The zero-order valence-corrected chi connectivity index (χ0v) is 12.2. The molecule has 6 heteroatoms. The van der Waals surface area contributed by atoms with Gasteiger partial charge in [0.1, 0.15) is 0 Å². The van der Waals surface area contributed by atoms with Crippen LogP contribution >= 0.6 is 0 Å². The predicted molar refractivity (Wildman–Crippen MR) is 77.6 cm³/mol. The molecule has 0 saturated carbocycles. The molecule has 6 nitrogen and oxygen atoms in total. The van der Waals surface area contributed by atoms with Crippen molar-refractivity contribution >= 4 is 5.91 Å². The Bertz CT molecular complexity index is 642. The molecule has 0 atom stereocenters. The van der Waals surface area contributed by atoms with Gasteiger partial charge in [-0.3, -0.25) is 4.79 Å². The van der Waals surface area contributed by atoms with Crippen LogP contribution in [-0.4, -0.2) is 52.1 Å². The molecule has 1 aromatic heterocycles. The molecule has 1 aromatic carbocycles. The summed E-state index contributed by atoms with van der Waals surface area (Å²) in [7, 11) is 0. The number of ether oxygens (including phenoxy) is 1. The highest BCUT2D eigenvalue weighted by molar-refractivity contribution is 5.93. The van der Waals surface area contributed by atoms with Gasteiger partial charge in [-0.15, -0.1) is 5.10 Å². The van der Waals surface area contributed by atoms with Gasteiger partial charge in [0.2, 0.25) is 0 Å². The van der Waals surface area contributed by atoms with Gasteiger partial charge in [-0.05, 0) is 26.0 Å². The standard InChI is InChI=1S/C15H18N4O2/c1-11-3-5-13(6-4-11)19-12(2)14(16-17-19)15(20)18-7-9-21-10-8-18/h3-6H,7-10H2,1-2H3. The van der Waals surface area contributed by atoms with Gasteiger partial charge in [-0.1, -0.05) is 22.9 Å². The second-order valence-electron chi connectivity index (χ2n) is 5.18. The fourth-order valence-corrected chi connectivity index (χ4v) is 2.37. The lowest BCUT2D eigenvalue weighted by molar-refractivity contribution is 0.0298. The number of carbonyl (C=O) groups excluding carboxylic acids is 1.